The summed E-state index contributed by atoms with van der Waals surface area (Å²) in [5, 5.41) is 0. The van der Waals surface area contributed by atoms with Crippen molar-refractivity contribution in [1.82, 2.24) is 14.0 Å². The molecule has 0 aromatic carbocycles. The van der Waals surface area contributed by atoms with Crippen molar-refractivity contribution >= 4 is 5.78 Å². The van der Waals surface area contributed by atoms with Gasteiger partial charge in [0.15, 0.2) is 5.69 Å². The van der Waals surface area contributed by atoms with Crippen LogP contribution in [0.15, 0.2) is 17.1 Å². The van der Waals surface area contributed by atoms with E-state index in [4.69, 9.17) is 0 Å². The van der Waals surface area contributed by atoms with E-state index in [1.165, 1.54) is 36.5 Å². The highest BCUT2D eigenvalue weighted by Gasteiger charge is 2.34. The highest BCUT2D eigenvalue weighted by Crippen LogP contribution is 2.27. The molecule has 2 rings (SSSR count). The van der Waals surface area contributed by atoms with Crippen molar-refractivity contribution in [2.75, 3.05) is 0 Å². The topological polar surface area (TPSA) is 39.3 Å². The number of nitrogens with zero attached hydrogens (tertiary/aromatic N) is 3. The predicted molar refractivity (Wildman–Crippen MR) is 91.8 cm³/mol. The zero-order valence-corrected chi connectivity index (χ0v) is 14.9. The fourth-order valence-electron chi connectivity index (χ4n) is 3.03. The summed E-state index contributed by atoms with van der Waals surface area (Å²) in [4.78, 5) is 15.6. The van der Waals surface area contributed by atoms with Crippen molar-refractivity contribution in [2.45, 2.75) is 77.9 Å². The van der Waals surface area contributed by atoms with E-state index < -0.39 is 17.4 Å². The van der Waals surface area contributed by atoms with Crippen molar-refractivity contribution < 1.29 is 13.2 Å². The Balaban J connectivity index is 2.02. The Morgan fingerprint density at radius 3 is 2.24 bits per heavy atom. The number of aryl methyl sites for hydroxylation is 2. The smallest absolute Gasteiger partial charge is 0.314 e. The second-order valence-electron chi connectivity index (χ2n) is 6.54. The minimum Gasteiger partial charge on any atom is -0.314 e. The molecule has 0 spiro atoms. The van der Waals surface area contributed by atoms with Crippen LogP contribution in [-0.4, -0.2) is 14.0 Å². The molecule has 0 saturated carbocycles. The highest BCUT2D eigenvalue weighted by molar-refractivity contribution is 5.35. The van der Waals surface area contributed by atoms with Crippen LogP contribution < -0.4 is 5.56 Å². The van der Waals surface area contributed by atoms with Gasteiger partial charge in [0, 0.05) is 24.5 Å². The molecule has 4 nitrogen and oxygen atoms in total. The number of imidazole rings is 1. The number of aromatic nitrogens is 3. The summed E-state index contributed by atoms with van der Waals surface area (Å²) in [6.45, 7) is 4.55. The second kappa shape index (κ2) is 8.54. The summed E-state index contributed by atoms with van der Waals surface area (Å²) >= 11 is 0. The molecule has 0 bridgehead atoms. The lowest BCUT2D eigenvalue weighted by atomic mass is 10.1. The van der Waals surface area contributed by atoms with E-state index in [1.54, 1.807) is 17.7 Å². The van der Waals surface area contributed by atoms with Crippen LogP contribution in [0.3, 0.4) is 0 Å². The van der Waals surface area contributed by atoms with Crippen molar-refractivity contribution in [3.05, 3.63) is 34.0 Å². The predicted octanol–water partition coefficient (Wildman–Crippen LogP) is 4.96. The minimum atomic E-state index is -4.62. The number of halogens is 3. The minimum absolute atomic E-state index is 0.0697. The van der Waals surface area contributed by atoms with Crippen molar-refractivity contribution in [1.29, 1.82) is 0 Å². The van der Waals surface area contributed by atoms with Crippen molar-refractivity contribution in [3.63, 3.8) is 0 Å². The molecule has 0 N–H and O–H groups in total. The zero-order chi connectivity index (χ0) is 18.4. The molecule has 7 heteroatoms. The van der Waals surface area contributed by atoms with Crippen LogP contribution in [0.4, 0.5) is 13.2 Å². The number of hydrogen-bond donors (Lipinski definition) is 0. The summed E-state index contributed by atoms with van der Waals surface area (Å²) in [7, 11) is 0. The summed E-state index contributed by atoms with van der Waals surface area (Å²) in [5.74, 6) is 0.0697. The first-order valence-electron chi connectivity index (χ1n) is 9.01. The molecule has 0 atom stereocenters. The Morgan fingerprint density at radius 2 is 1.64 bits per heavy atom. The van der Waals surface area contributed by atoms with Gasteiger partial charge in [-0.25, -0.2) is 4.98 Å². The molecular weight excluding hydrogens is 331 g/mol. The lowest BCUT2D eigenvalue weighted by Crippen LogP contribution is -2.20. The van der Waals surface area contributed by atoms with Crippen LogP contribution >= 0.6 is 0 Å². The standard InChI is InChI=1S/C18H26F3N3O/c1-3-4-5-6-7-8-9-10-11-23-14(2)13-24-16(25)12-15(18(19,20)21)22-17(23)24/h12-13H,3-11H2,1-2H3. The average molecular weight is 357 g/mol. The Bertz CT molecular complexity index is 746. The Morgan fingerprint density at radius 1 is 1.04 bits per heavy atom. The third kappa shape index (κ3) is 5.09. The number of hydrogen-bond acceptors (Lipinski definition) is 2. The van der Waals surface area contributed by atoms with Crippen LogP contribution in [0.1, 0.15) is 69.7 Å². The molecule has 2 aromatic rings. The van der Waals surface area contributed by atoms with Crippen molar-refractivity contribution in [2.24, 2.45) is 0 Å². The SMILES string of the molecule is CCCCCCCCCCn1c(C)cn2c(=O)cc(C(F)(F)F)nc12. The molecule has 0 aliphatic heterocycles. The molecule has 2 heterocycles. The zero-order valence-electron chi connectivity index (χ0n) is 14.9. The molecule has 0 unspecified atom stereocenters. The number of rotatable bonds is 9. The first-order chi connectivity index (χ1) is 11.8. The number of unbranched alkanes of at least 4 members (excludes halogenated alkanes) is 7. The van der Waals surface area contributed by atoms with E-state index in [1.807, 2.05) is 0 Å². The lowest BCUT2D eigenvalue weighted by molar-refractivity contribution is -0.141. The molecule has 25 heavy (non-hydrogen) atoms. The Labute approximate surface area is 145 Å². The quantitative estimate of drug-likeness (QED) is 0.595. The van der Waals surface area contributed by atoms with Crippen LogP contribution in [0, 0.1) is 6.92 Å². The lowest BCUT2D eigenvalue weighted by Gasteiger charge is -2.09. The molecule has 0 amide bonds. The largest absolute Gasteiger partial charge is 0.433 e. The van der Waals surface area contributed by atoms with Gasteiger partial charge in [0.2, 0.25) is 5.78 Å². The molecule has 0 radical (unpaired) electrons. The van der Waals surface area contributed by atoms with E-state index >= 15 is 0 Å². The third-order valence-electron chi connectivity index (χ3n) is 4.44. The van der Waals surface area contributed by atoms with Gasteiger partial charge >= 0.3 is 6.18 Å². The van der Waals surface area contributed by atoms with E-state index in [0.717, 1.165) is 25.0 Å². The van der Waals surface area contributed by atoms with Crippen LogP contribution in [0.25, 0.3) is 5.78 Å². The monoisotopic (exact) mass is 357 g/mol. The van der Waals surface area contributed by atoms with Gasteiger partial charge in [0.1, 0.15) is 0 Å². The van der Waals surface area contributed by atoms with Gasteiger partial charge in [0.25, 0.3) is 5.56 Å². The van der Waals surface area contributed by atoms with Crippen LogP contribution in [0.5, 0.6) is 0 Å². The summed E-state index contributed by atoms with van der Waals surface area (Å²) in [5.41, 5.74) is -1.09. The molecule has 0 saturated heterocycles. The van der Waals surface area contributed by atoms with Crippen LogP contribution in [-0.2, 0) is 12.7 Å². The molecule has 0 aliphatic rings. The van der Waals surface area contributed by atoms with Gasteiger partial charge in [-0.1, -0.05) is 51.9 Å². The van der Waals surface area contributed by atoms with E-state index in [-0.39, 0.29) is 5.78 Å². The summed E-state index contributed by atoms with van der Waals surface area (Å²) < 4.78 is 41.6. The van der Waals surface area contributed by atoms with E-state index in [0.29, 0.717) is 12.6 Å². The fraction of sp³-hybridized carbons (Fsp3) is 0.667. The molecule has 140 valence electrons. The molecule has 0 aliphatic carbocycles. The molecule has 2 aromatic heterocycles. The number of fused-ring (bicyclic) bond motifs is 1. The second-order valence-corrected chi connectivity index (χ2v) is 6.54. The first kappa shape index (κ1) is 19.5. The Hall–Kier alpha value is -1.79. The summed E-state index contributed by atoms with van der Waals surface area (Å²) in [6, 6.07) is 0.549. The van der Waals surface area contributed by atoms with E-state index in [9.17, 15) is 18.0 Å². The average Bonchev–Trinajstić information content (AvgIpc) is 2.86. The fourth-order valence-corrected chi connectivity index (χ4v) is 3.03. The van der Waals surface area contributed by atoms with Crippen LogP contribution in [0.2, 0.25) is 0 Å². The maximum Gasteiger partial charge on any atom is 0.433 e. The highest BCUT2D eigenvalue weighted by atomic mass is 19.4. The van der Waals surface area contributed by atoms with Gasteiger partial charge in [-0.15, -0.1) is 0 Å². The third-order valence-corrected chi connectivity index (χ3v) is 4.44. The molecule has 0 fully saturated rings. The number of alkyl halides is 3. The molecular formula is C18H26F3N3O. The maximum absolute atomic E-state index is 12.9. The van der Waals surface area contributed by atoms with Gasteiger partial charge in [-0.2, -0.15) is 13.2 Å². The first-order valence-corrected chi connectivity index (χ1v) is 9.01. The van der Waals surface area contributed by atoms with Gasteiger partial charge in [-0.3, -0.25) is 9.20 Å². The normalized spacial score (nSPS) is 12.2. The Kier molecular flexibility index (Phi) is 6.67. The van der Waals surface area contributed by atoms with Gasteiger partial charge in [-0.05, 0) is 13.3 Å². The van der Waals surface area contributed by atoms with Gasteiger partial charge in [0.05, 0.1) is 0 Å². The summed E-state index contributed by atoms with van der Waals surface area (Å²) in [6.07, 6.45) is 6.17. The van der Waals surface area contributed by atoms with E-state index in [2.05, 4.69) is 11.9 Å². The van der Waals surface area contributed by atoms with Gasteiger partial charge < -0.3 is 4.57 Å². The maximum atomic E-state index is 12.9. The van der Waals surface area contributed by atoms with Crippen molar-refractivity contribution in [3.8, 4) is 0 Å².